The Balaban J connectivity index is 2.23. The number of carbonyl (C=O) groups is 1. The van der Waals surface area contributed by atoms with Gasteiger partial charge >= 0.3 is 5.69 Å². The minimum atomic E-state index is -0.954. The van der Waals surface area contributed by atoms with Gasteiger partial charge in [0.15, 0.2) is 0 Å². The molecule has 6 nitrogen and oxygen atoms in total. The van der Waals surface area contributed by atoms with Crippen LogP contribution in [0.3, 0.4) is 0 Å². The molecule has 2 rings (SSSR count). The second-order valence-electron chi connectivity index (χ2n) is 3.62. The number of aromatic nitrogens is 1. The van der Waals surface area contributed by atoms with Gasteiger partial charge in [0.2, 0.25) is 5.82 Å². The first kappa shape index (κ1) is 12.6. The predicted molar refractivity (Wildman–Crippen MR) is 65.2 cm³/mol. The van der Waals surface area contributed by atoms with Crippen LogP contribution in [0.1, 0.15) is 10.4 Å². The van der Waals surface area contributed by atoms with E-state index in [2.05, 4.69) is 10.3 Å². The number of halogens is 1. The van der Waals surface area contributed by atoms with Gasteiger partial charge in [-0.15, -0.1) is 0 Å². The summed E-state index contributed by atoms with van der Waals surface area (Å²) in [5.41, 5.74) is -0.250. The average molecular weight is 261 g/mol. The molecule has 1 heterocycles. The van der Waals surface area contributed by atoms with Crippen molar-refractivity contribution in [3.05, 3.63) is 64.2 Å². The lowest BCUT2D eigenvalue weighted by atomic mass is 10.2. The van der Waals surface area contributed by atoms with Crippen LogP contribution < -0.4 is 5.32 Å². The van der Waals surface area contributed by atoms with Gasteiger partial charge in [0.05, 0.1) is 10.5 Å². The van der Waals surface area contributed by atoms with Gasteiger partial charge in [-0.1, -0.05) is 0 Å². The Morgan fingerprint density at radius 3 is 2.79 bits per heavy atom. The number of nitrogens with zero attached hydrogens (tertiary/aromatic N) is 2. The molecule has 1 aromatic carbocycles. The van der Waals surface area contributed by atoms with Gasteiger partial charge in [0, 0.05) is 24.1 Å². The van der Waals surface area contributed by atoms with Gasteiger partial charge in [0.25, 0.3) is 5.91 Å². The van der Waals surface area contributed by atoms with Crippen LogP contribution >= 0.6 is 0 Å². The number of benzene rings is 1. The topological polar surface area (TPSA) is 85.1 Å². The van der Waals surface area contributed by atoms with E-state index in [0.717, 1.165) is 12.1 Å². The molecule has 0 aliphatic heterocycles. The van der Waals surface area contributed by atoms with Crippen molar-refractivity contribution < 1.29 is 14.1 Å². The van der Waals surface area contributed by atoms with Crippen molar-refractivity contribution in [2.45, 2.75) is 0 Å². The van der Waals surface area contributed by atoms with Gasteiger partial charge < -0.3 is 5.32 Å². The summed E-state index contributed by atoms with van der Waals surface area (Å²) in [5, 5.41) is 13.0. The number of nitrogens with one attached hydrogen (secondary N) is 1. The Kier molecular flexibility index (Phi) is 3.46. The van der Waals surface area contributed by atoms with E-state index >= 15 is 0 Å². The van der Waals surface area contributed by atoms with E-state index in [0.29, 0.717) is 5.56 Å². The summed E-state index contributed by atoms with van der Waals surface area (Å²) >= 11 is 0. The van der Waals surface area contributed by atoms with Crippen LogP contribution in [0.4, 0.5) is 15.8 Å². The molecule has 0 atom stereocenters. The number of nitro groups is 1. The predicted octanol–water partition coefficient (Wildman–Crippen LogP) is 2.38. The summed E-state index contributed by atoms with van der Waals surface area (Å²) in [7, 11) is 0. The quantitative estimate of drug-likeness (QED) is 0.679. The summed E-state index contributed by atoms with van der Waals surface area (Å²) in [5.74, 6) is -1.43. The van der Waals surface area contributed by atoms with E-state index in [4.69, 9.17) is 0 Å². The maximum atomic E-state index is 13.1. The number of rotatable bonds is 3. The highest BCUT2D eigenvalue weighted by atomic mass is 19.1. The molecule has 7 heteroatoms. The zero-order valence-electron chi connectivity index (χ0n) is 9.54. The number of carbonyl (C=O) groups excluding carboxylic acids is 1. The van der Waals surface area contributed by atoms with Crippen LogP contribution in [0, 0.1) is 15.9 Å². The van der Waals surface area contributed by atoms with E-state index in [-0.39, 0.29) is 5.69 Å². The molecule has 0 saturated heterocycles. The largest absolute Gasteiger partial charge is 0.322 e. The minimum absolute atomic E-state index is 0.141. The van der Waals surface area contributed by atoms with E-state index in [9.17, 15) is 19.3 Å². The summed E-state index contributed by atoms with van der Waals surface area (Å²) < 4.78 is 13.1. The van der Waals surface area contributed by atoms with E-state index in [1.54, 1.807) is 12.1 Å². The molecule has 1 N–H and O–H groups in total. The van der Waals surface area contributed by atoms with E-state index in [1.807, 2.05) is 0 Å². The van der Waals surface area contributed by atoms with Crippen molar-refractivity contribution in [1.82, 2.24) is 4.98 Å². The third-order valence-corrected chi connectivity index (χ3v) is 2.32. The second-order valence-corrected chi connectivity index (χ2v) is 3.62. The average Bonchev–Trinajstić information content (AvgIpc) is 2.41. The Bertz CT molecular complexity index is 631. The highest BCUT2D eigenvalue weighted by Gasteiger charge is 2.15. The van der Waals surface area contributed by atoms with Gasteiger partial charge in [-0.25, -0.2) is 0 Å². The number of nitro benzene ring substituents is 1. The fourth-order valence-electron chi connectivity index (χ4n) is 1.43. The first-order valence-corrected chi connectivity index (χ1v) is 5.23. The molecule has 0 aliphatic carbocycles. The summed E-state index contributed by atoms with van der Waals surface area (Å²) in [6.07, 6.45) is 2.87. The number of pyridine rings is 1. The van der Waals surface area contributed by atoms with Crippen molar-refractivity contribution in [3.8, 4) is 0 Å². The van der Waals surface area contributed by atoms with Crippen LogP contribution in [0.5, 0.6) is 0 Å². The molecule has 1 amide bonds. The number of anilines is 1. The lowest BCUT2D eigenvalue weighted by Gasteiger charge is -2.04. The van der Waals surface area contributed by atoms with Crippen LogP contribution in [0.2, 0.25) is 0 Å². The maximum Gasteiger partial charge on any atom is 0.306 e. The van der Waals surface area contributed by atoms with Crippen molar-refractivity contribution in [2.24, 2.45) is 0 Å². The molecule has 0 aliphatic rings. The summed E-state index contributed by atoms with van der Waals surface area (Å²) in [6, 6.07) is 6.26. The standard InChI is InChI=1S/C12H8FN3O3/c13-10-4-3-9(6-11(10)16(18)19)15-12(17)8-2-1-5-14-7-8/h1-7H,(H,15,17). The molecule has 0 radical (unpaired) electrons. The summed E-state index contributed by atoms with van der Waals surface area (Å²) in [6.45, 7) is 0. The van der Waals surface area contributed by atoms with Crippen LogP contribution in [-0.2, 0) is 0 Å². The van der Waals surface area contributed by atoms with Crippen LogP contribution in [-0.4, -0.2) is 15.8 Å². The smallest absolute Gasteiger partial charge is 0.306 e. The maximum absolute atomic E-state index is 13.1. The SMILES string of the molecule is O=C(Nc1ccc(F)c([N+](=O)[O-])c1)c1cccnc1. The van der Waals surface area contributed by atoms with E-state index < -0.39 is 22.3 Å². The molecular weight excluding hydrogens is 253 g/mol. The summed E-state index contributed by atoms with van der Waals surface area (Å²) in [4.78, 5) is 25.3. The normalized spacial score (nSPS) is 9.95. The van der Waals surface area contributed by atoms with Crippen LogP contribution in [0.15, 0.2) is 42.7 Å². The monoisotopic (exact) mass is 261 g/mol. The lowest BCUT2D eigenvalue weighted by Crippen LogP contribution is -2.12. The molecule has 2 aromatic rings. The van der Waals surface area contributed by atoms with Crippen LogP contribution in [0.25, 0.3) is 0 Å². The highest BCUT2D eigenvalue weighted by Crippen LogP contribution is 2.21. The van der Waals surface area contributed by atoms with Crippen molar-refractivity contribution in [3.63, 3.8) is 0 Å². The van der Waals surface area contributed by atoms with Crippen molar-refractivity contribution >= 4 is 17.3 Å². The number of hydrogen-bond acceptors (Lipinski definition) is 4. The fourth-order valence-corrected chi connectivity index (χ4v) is 1.43. The highest BCUT2D eigenvalue weighted by molar-refractivity contribution is 6.04. The molecule has 96 valence electrons. The fraction of sp³-hybridized carbons (Fsp3) is 0. The molecule has 19 heavy (non-hydrogen) atoms. The second kappa shape index (κ2) is 5.21. The number of amides is 1. The molecule has 0 fully saturated rings. The Morgan fingerprint density at radius 2 is 2.16 bits per heavy atom. The first-order valence-electron chi connectivity index (χ1n) is 5.23. The third-order valence-electron chi connectivity index (χ3n) is 2.32. The first-order chi connectivity index (χ1) is 9.08. The minimum Gasteiger partial charge on any atom is -0.322 e. The van der Waals surface area contributed by atoms with Gasteiger partial charge in [-0.3, -0.25) is 19.9 Å². The molecule has 0 bridgehead atoms. The van der Waals surface area contributed by atoms with Gasteiger partial charge in [0.1, 0.15) is 0 Å². The Labute approximate surface area is 107 Å². The molecule has 0 spiro atoms. The number of hydrogen-bond donors (Lipinski definition) is 1. The van der Waals surface area contributed by atoms with E-state index in [1.165, 1.54) is 18.5 Å². The zero-order chi connectivity index (χ0) is 13.8. The molecule has 1 aromatic heterocycles. The Hall–Kier alpha value is -2.83. The molecule has 0 saturated carbocycles. The van der Waals surface area contributed by atoms with Crippen molar-refractivity contribution in [2.75, 3.05) is 5.32 Å². The molecular formula is C12H8FN3O3. The van der Waals surface area contributed by atoms with Gasteiger partial charge in [-0.2, -0.15) is 4.39 Å². The van der Waals surface area contributed by atoms with Gasteiger partial charge in [-0.05, 0) is 24.3 Å². The Morgan fingerprint density at radius 1 is 1.37 bits per heavy atom. The third kappa shape index (κ3) is 2.89. The lowest BCUT2D eigenvalue weighted by molar-refractivity contribution is -0.387. The molecule has 0 unspecified atom stereocenters. The zero-order valence-corrected chi connectivity index (χ0v) is 9.54. The van der Waals surface area contributed by atoms with Crippen molar-refractivity contribution in [1.29, 1.82) is 0 Å².